The molecule has 20 heavy (non-hydrogen) atoms. The molecule has 0 spiro atoms. The maximum atomic E-state index is 12.3. The third-order valence-corrected chi connectivity index (χ3v) is 3.41. The molecule has 0 N–H and O–H groups in total. The summed E-state index contributed by atoms with van der Waals surface area (Å²) in [6.07, 6.45) is 0.0170. The number of para-hydroxylation sites is 2. The van der Waals surface area contributed by atoms with Gasteiger partial charge in [-0.25, -0.2) is 4.90 Å². The molecule has 1 aromatic rings. The van der Waals surface area contributed by atoms with Crippen LogP contribution < -0.4 is 9.64 Å². The highest BCUT2D eigenvalue weighted by molar-refractivity contribution is 6.20. The second-order valence-corrected chi connectivity index (χ2v) is 4.62. The van der Waals surface area contributed by atoms with Gasteiger partial charge >= 0.3 is 0 Å². The molecule has 2 fully saturated rings. The molecule has 6 nitrogen and oxygen atoms in total. The average molecular weight is 272 g/mol. The van der Waals surface area contributed by atoms with E-state index in [2.05, 4.69) is 0 Å². The predicted octanol–water partition coefficient (Wildman–Crippen LogP) is 1.01. The Morgan fingerprint density at radius 2 is 1.90 bits per heavy atom. The Kier molecular flexibility index (Phi) is 3.12. The van der Waals surface area contributed by atoms with Crippen LogP contribution in [0.4, 0.5) is 5.69 Å². The van der Waals surface area contributed by atoms with E-state index in [1.54, 1.807) is 24.3 Å². The molecule has 102 valence electrons. The van der Waals surface area contributed by atoms with Crippen molar-refractivity contribution in [3.63, 3.8) is 0 Å². The minimum atomic E-state index is -0.554. The molecule has 6 heteroatoms. The summed E-state index contributed by atoms with van der Waals surface area (Å²) in [6.45, 7) is -0.142. The molecule has 2 saturated heterocycles. The van der Waals surface area contributed by atoms with Crippen molar-refractivity contribution in [1.82, 2.24) is 0 Å². The Hall–Kier alpha value is -2.39. The first-order valence-corrected chi connectivity index (χ1v) is 6.34. The number of fused-ring (bicyclic) bond motifs is 2. The Morgan fingerprint density at radius 3 is 2.55 bits per heavy atom. The number of morpholine rings is 1. The lowest BCUT2D eigenvalue weighted by molar-refractivity contribution is -0.146. The summed E-state index contributed by atoms with van der Waals surface area (Å²) in [7, 11) is 0. The van der Waals surface area contributed by atoms with Crippen molar-refractivity contribution in [2.24, 2.45) is 0 Å². The number of rotatable bonds is 3. The number of carbonyl (C=O) groups is 2. The Morgan fingerprint density at radius 1 is 1.25 bits per heavy atom. The highest BCUT2D eigenvalue weighted by Crippen LogP contribution is 2.36. The van der Waals surface area contributed by atoms with Crippen molar-refractivity contribution < 1.29 is 19.1 Å². The molecule has 1 aromatic carbocycles. The normalized spacial score (nSPS) is 24.6. The van der Waals surface area contributed by atoms with Crippen LogP contribution in [-0.4, -0.2) is 30.6 Å². The van der Waals surface area contributed by atoms with Gasteiger partial charge in [0.1, 0.15) is 24.0 Å². The number of nitrogens with zero attached hydrogens (tertiary/aromatic N) is 2. The lowest BCUT2D eigenvalue weighted by Crippen LogP contribution is -2.52. The fourth-order valence-corrected chi connectivity index (χ4v) is 2.51. The largest absolute Gasteiger partial charge is 0.477 e. The second kappa shape index (κ2) is 4.94. The van der Waals surface area contributed by atoms with Gasteiger partial charge in [0.25, 0.3) is 11.8 Å². The highest BCUT2D eigenvalue weighted by Gasteiger charge is 2.47. The number of carbonyl (C=O) groups excluding carboxylic acids is 2. The van der Waals surface area contributed by atoms with Crippen LogP contribution in [0.5, 0.6) is 5.75 Å². The summed E-state index contributed by atoms with van der Waals surface area (Å²) in [5, 5.41) is 8.58. The van der Waals surface area contributed by atoms with Crippen LogP contribution in [0.2, 0.25) is 0 Å². The summed E-state index contributed by atoms with van der Waals surface area (Å²) >= 11 is 0. The first kappa shape index (κ1) is 12.6. The summed E-state index contributed by atoms with van der Waals surface area (Å²) in [4.78, 5) is 25.7. The quantitative estimate of drug-likeness (QED) is 0.767. The van der Waals surface area contributed by atoms with Gasteiger partial charge in [-0.2, -0.15) is 5.26 Å². The van der Waals surface area contributed by atoms with E-state index >= 15 is 0 Å². The topological polar surface area (TPSA) is 79.6 Å². The number of amides is 2. The number of anilines is 1. The van der Waals surface area contributed by atoms with Gasteiger partial charge in [-0.1, -0.05) is 12.1 Å². The van der Waals surface area contributed by atoms with Gasteiger partial charge in [-0.05, 0) is 25.0 Å². The molecular formula is C14H12N2O4. The molecule has 0 aromatic heterocycles. The fourth-order valence-electron chi connectivity index (χ4n) is 2.51. The standard InChI is InChI=1S/C14H12N2O4/c15-7-8-19-10-4-2-1-3-9(10)16-13(17)11-5-6-12(20-11)14(16)18/h1-4,11-12H,5-6,8H2. The summed E-state index contributed by atoms with van der Waals surface area (Å²) in [6, 6.07) is 8.56. The van der Waals surface area contributed by atoms with Gasteiger partial charge in [0.05, 0.1) is 5.69 Å². The molecule has 2 aliphatic rings. The van der Waals surface area contributed by atoms with Crippen molar-refractivity contribution in [3.05, 3.63) is 24.3 Å². The number of ether oxygens (including phenoxy) is 2. The van der Waals surface area contributed by atoms with Crippen LogP contribution >= 0.6 is 0 Å². The second-order valence-electron chi connectivity index (χ2n) is 4.62. The number of imide groups is 1. The molecule has 0 saturated carbocycles. The third-order valence-electron chi connectivity index (χ3n) is 3.41. The first-order chi connectivity index (χ1) is 9.72. The number of hydrogen-bond acceptors (Lipinski definition) is 5. The van der Waals surface area contributed by atoms with Gasteiger partial charge in [-0.3, -0.25) is 9.59 Å². The lowest BCUT2D eigenvalue weighted by Gasteiger charge is -2.30. The van der Waals surface area contributed by atoms with E-state index in [1.807, 2.05) is 6.07 Å². The van der Waals surface area contributed by atoms with Crippen molar-refractivity contribution in [3.8, 4) is 11.8 Å². The molecule has 2 heterocycles. The summed E-state index contributed by atoms with van der Waals surface area (Å²) < 4.78 is 10.6. The van der Waals surface area contributed by atoms with Gasteiger partial charge in [-0.15, -0.1) is 0 Å². The SMILES string of the molecule is N#CCOc1ccccc1N1C(=O)C2CCC(O2)C1=O. The van der Waals surface area contributed by atoms with Crippen LogP contribution in [0, 0.1) is 11.3 Å². The van der Waals surface area contributed by atoms with Gasteiger partial charge in [0.2, 0.25) is 0 Å². The van der Waals surface area contributed by atoms with Gasteiger partial charge < -0.3 is 9.47 Å². The monoisotopic (exact) mass is 272 g/mol. The van der Waals surface area contributed by atoms with Crippen LogP contribution in [0.3, 0.4) is 0 Å². The maximum Gasteiger partial charge on any atom is 0.263 e. The summed E-state index contributed by atoms with van der Waals surface area (Å²) in [5.41, 5.74) is 0.373. The zero-order valence-electron chi connectivity index (χ0n) is 10.6. The van der Waals surface area contributed by atoms with E-state index in [9.17, 15) is 9.59 Å². The Bertz CT molecular complexity index is 585. The molecule has 2 atom stereocenters. The zero-order chi connectivity index (χ0) is 14.1. The fraction of sp³-hybridized carbons (Fsp3) is 0.357. The van der Waals surface area contributed by atoms with E-state index < -0.39 is 12.2 Å². The van der Waals surface area contributed by atoms with E-state index in [4.69, 9.17) is 14.7 Å². The maximum absolute atomic E-state index is 12.3. The zero-order valence-corrected chi connectivity index (χ0v) is 10.6. The number of nitriles is 1. The van der Waals surface area contributed by atoms with Crippen molar-refractivity contribution in [2.75, 3.05) is 11.5 Å². The molecule has 2 unspecified atom stereocenters. The Balaban J connectivity index is 1.98. The van der Waals surface area contributed by atoms with Crippen molar-refractivity contribution in [2.45, 2.75) is 25.0 Å². The van der Waals surface area contributed by atoms with Gasteiger partial charge in [0, 0.05) is 0 Å². The van der Waals surface area contributed by atoms with E-state index in [0.717, 1.165) is 4.90 Å². The van der Waals surface area contributed by atoms with E-state index in [1.165, 1.54) is 0 Å². The molecule has 2 amide bonds. The van der Waals surface area contributed by atoms with E-state index in [0.29, 0.717) is 24.3 Å². The average Bonchev–Trinajstić information content (AvgIpc) is 2.91. The Labute approximate surface area is 115 Å². The summed E-state index contributed by atoms with van der Waals surface area (Å²) in [5.74, 6) is -0.384. The molecule has 0 aliphatic carbocycles. The lowest BCUT2D eigenvalue weighted by atomic mass is 10.2. The molecule has 3 rings (SSSR count). The molecule has 2 aliphatic heterocycles. The molecule has 2 bridgehead atoms. The number of hydrogen-bond donors (Lipinski definition) is 0. The smallest absolute Gasteiger partial charge is 0.263 e. The first-order valence-electron chi connectivity index (χ1n) is 6.34. The predicted molar refractivity (Wildman–Crippen MR) is 67.9 cm³/mol. The minimum absolute atomic E-state index is 0.142. The molecular weight excluding hydrogens is 260 g/mol. The van der Waals surface area contributed by atoms with Crippen molar-refractivity contribution in [1.29, 1.82) is 5.26 Å². The van der Waals surface area contributed by atoms with Crippen LogP contribution in [0.1, 0.15) is 12.8 Å². The van der Waals surface area contributed by atoms with Crippen molar-refractivity contribution >= 4 is 17.5 Å². The number of benzene rings is 1. The van der Waals surface area contributed by atoms with Gasteiger partial charge in [0.15, 0.2) is 6.61 Å². The third kappa shape index (κ3) is 1.92. The molecule has 0 radical (unpaired) electrons. The van der Waals surface area contributed by atoms with Crippen LogP contribution in [-0.2, 0) is 14.3 Å². The van der Waals surface area contributed by atoms with Crippen LogP contribution in [0.15, 0.2) is 24.3 Å². The minimum Gasteiger partial charge on any atom is -0.477 e. The highest BCUT2D eigenvalue weighted by atomic mass is 16.5. The van der Waals surface area contributed by atoms with Crippen LogP contribution in [0.25, 0.3) is 0 Å². The van der Waals surface area contributed by atoms with E-state index in [-0.39, 0.29) is 18.4 Å².